The highest BCUT2D eigenvalue weighted by atomic mass is 16.5. The minimum Gasteiger partial charge on any atom is -0.488 e. The third-order valence-electron chi connectivity index (χ3n) is 7.18. The van der Waals surface area contributed by atoms with Gasteiger partial charge in [0.1, 0.15) is 30.1 Å². The fourth-order valence-electron chi connectivity index (χ4n) is 5.52. The summed E-state index contributed by atoms with van der Waals surface area (Å²) in [6, 6.07) is 8.32. The van der Waals surface area contributed by atoms with E-state index >= 15 is 0 Å². The van der Waals surface area contributed by atoms with Gasteiger partial charge in [0.2, 0.25) is 0 Å². The highest BCUT2D eigenvalue weighted by Crippen LogP contribution is 2.47. The standard InChI is InChI=1S/C29H42N2O/c1-4-7-9-15-24-16-17-28(27(23-31)26(24)22-30)32-21-12-20-29(18-10-8-11-19-29)25(13-5-2)14-6-3/h12,16-17,20,25H,4-11,13-15,18-19,21H2,1-3H3/b20-12+. The average Bonchev–Trinajstić information content (AvgIpc) is 2.82. The molecule has 1 aliphatic carbocycles. The summed E-state index contributed by atoms with van der Waals surface area (Å²) in [6.07, 6.45) is 20.4. The van der Waals surface area contributed by atoms with Gasteiger partial charge in [0.25, 0.3) is 0 Å². The van der Waals surface area contributed by atoms with Crippen LogP contribution >= 0.6 is 0 Å². The van der Waals surface area contributed by atoms with Crippen molar-refractivity contribution in [3.05, 3.63) is 41.0 Å². The van der Waals surface area contributed by atoms with E-state index in [1.54, 1.807) is 0 Å². The van der Waals surface area contributed by atoms with Crippen molar-refractivity contribution in [2.45, 2.75) is 104 Å². The maximum Gasteiger partial charge on any atom is 0.138 e. The zero-order valence-corrected chi connectivity index (χ0v) is 20.6. The van der Waals surface area contributed by atoms with Crippen LogP contribution in [0.4, 0.5) is 0 Å². The second-order valence-electron chi connectivity index (χ2n) is 9.44. The van der Waals surface area contributed by atoms with Crippen molar-refractivity contribution in [2.24, 2.45) is 11.3 Å². The Balaban J connectivity index is 2.14. The minimum absolute atomic E-state index is 0.298. The van der Waals surface area contributed by atoms with E-state index in [1.165, 1.54) is 57.8 Å². The van der Waals surface area contributed by atoms with Crippen LogP contribution in [0.15, 0.2) is 24.3 Å². The maximum atomic E-state index is 9.72. The van der Waals surface area contributed by atoms with E-state index in [9.17, 15) is 10.5 Å². The number of benzene rings is 1. The number of unbranched alkanes of at least 4 members (excludes halogenated alkanes) is 2. The molecular formula is C29H42N2O. The Morgan fingerprint density at radius 1 is 0.938 bits per heavy atom. The number of hydrogen-bond acceptors (Lipinski definition) is 3. The Hall–Kier alpha value is -2.26. The summed E-state index contributed by atoms with van der Waals surface area (Å²) in [5.41, 5.74) is 2.13. The first-order valence-corrected chi connectivity index (χ1v) is 12.9. The molecule has 0 N–H and O–H groups in total. The summed E-state index contributed by atoms with van der Waals surface area (Å²) in [7, 11) is 0. The first kappa shape index (κ1) is 26.0. The summed E-state index contributed by atoms with van der Waals surface area (Å²) >= 11 is 0. The van der Waals surface area contributed by atoms with Gasteiger partial charge in [-0.1, -0.05) is 83.9 Å². The van der Waals surface area contributed by atoms with Crippen LogP contribution in [-0.2, 0) is 6.42 Å². The topological polar surface area (TPSA) is 56.8 Å². The van der Waals surface area contributed by atoms with Crippen molar-refractivity contribution in [1.82, 2.24) is 0 Å². The predicted octanol–water partition coefficient (Wildman–Crippen LogP) is 8.26. The molecule has 3 heteroatoms. The zero-order chi connectivity index (χ0) is 23.2. The Labute approximate surface area is 196 Å². The zero-order valence-electron chi connectivity index (χ0n) is 20.6. The molecular weight excluding hydrogens is 392 g/mol. The van der Waals surface area contributed by atoms with Crippen LogP contribution in [0.5, 0.6) is 5.75 Å². The smallest absolute Gasteiger partial charge is 0.138 e. The van der Waals surface area contributed by atoms with E-state index in [1.807, 2.05) is 12.1 Å². The second kappa shape index (κ2) is 14.0. The number of nitriles is 2. The van der Waals surface area contributed by atoms with Gasteiger partial charge in [0, 0.05) is 0 Å². The molecule has 0 unspecified atom stereocenters. The molecule has 1 aromatic carbocycles. The molecule has 0 heterocycles. The number of rotatable bonds is 13. The van der Waals surface area contributed by atoms with Gasteiger partial charge in [-0.05, 0) is 61.5 Å². The Kier molecular flexibility index (Phi) is 11.4. The lowest BCUT2D eigenvalue weighted by atomic mass is 9.63. The Morgan fingerprint density at radius 3 is 2.22 bits per heavy atom. The summed E-state index contributed by atoms with van der Waals surface area (Å²) in [5.74, 6) is 1.28. The van der Waals surface area contributed by atoms with Crippen LogP contribution < -0.4 is 4.74 Å². The SMILES string of the molecule is CCCCCc1ccc(OC/C=C/C2(C(CCC)CCC)CCCCC2)c(C#N)c1C#N. The summed E-state index contributed by atoms with van der Waals surface area (Å²) in [6.45, 7) is 7.21. The molecule has 1 saturated carbocycles. The van der Waals surface area contributed by atoms with Gasteiger partial charge in [-0.25, -0.2) is 0 Å². The quantitative estimate of drug-likeness (QED) is 0.232. The molecule has 2 rings (SSSR count). The highest BCUT2D eigenvalue weighted by molar-refractivity contribution is 5.57. The van der Waals surface area contributed by atoms with Crippen molar-refractivity contribution >= 4 is 0 Å². The minimum atomic E-state index is 0.298. The van der Waals surface area contributed by atoms with E-state index in [0.29, 0.717) is 28.9 Å². The van der Waals surface area contributed by atoms with Gasteiger partial charge < -0.3 is 4.74 Å². The van der Waals surface area contributed by atoms with Crippen molar-refractivity contribution < 1.29 is 4.74 Å². The third-order valence-corrected chi connectivity index (χ3v) is 7.18. The number of aryl methyl sites for hydroxylation is 1. The van der Waals surface area contributed by atoms with Crippen LogP contribution in [-0.4, -0.2) is 6.61 Å². The summed E-state index contributed by atoms with van der Waals surface area (Å²) < 4.78 is 6.03. The molecule has 32 heavy (non-hydrogen) atoms. The number of nitrogens with zero attached hydrogens (tertiary/aromatic N) is 2. The lowest BCUT2D eigenvalue weighted by Gasteiger charge is -2.42. The fourth-order valence-corrected chi connectivity index (χ4v) is 5.52. The first-order valence-electron chi connectivity index (χ1n) is 12.9. The largest absolute Gasteiger partial charge is 0.488 e. The number of allylic oxidation sites excluding steroid dienone is 1. The van der Waals surface area contributed by atoms with Crippen LogP contribution in [0.2, 0.25) is 0 Å². The van der Waals surface area contributed by atoms with Crippen LogP contribution in [0.25, 0.3) is 0 Å². The normalized spacial score (nSPS) is 15.6. The van der Waals surface area contributed by atoms with Gasteiger partial charge in [0.15, 0.2) is 0 Å². The van der Waals surface area contributed by atoms with Gasteiger partial charge in [-0.3, -0.25) is 0 Å². The van der Waals surface area contributed by atoms with Gasteiger partial charge in [-0.2, -0.15) is 10.5 Å². The van der Waals surface area contributed by atoms with Gasteiger partial charge in [0.05, 0.1) is 5.56 Å². The van der Waals surface area contributed by atoms with Crippen LogP contribution in [0, 0.1) is 34.0 Å². The molecule has 0 spiro atoms. The Morgan fingerprint density at radius 2 is 1.62 bits per heavy atom. The van der Waals surface area contributed by atoms with Crippen LogP contribution in [0.3, 0.4) is 0 Å². The van der Waals surface area contributed by atoms with E-state index in [-0.39, 0.29) is 0 Å². The fraction of sp³-hybridized carbons (Fsp3) is 0.655. The molecule has 0 atom stereocenters. The van der Waals surface area contributed by atoms with Crippen LogP contribution in [0.1, 0.15) is 115 Å². The van der Waals surface area contributed by atoms with E-state index in [2.05, 4.69) is 45.1 Å². The van der Waals surface area contributed by atoms with Crippen molar-refractivity contribution in [3.8, 4) is 17.9 Å². The number of ether oxygens (including phenoxy) is 1. The summed E-state index contributed by atoms with van der Waals surface area (Å²) in [4.78, 5) is 0. The third kappa shape index (κ3) is 6.87. The molecule has 3 nitrogen and oxygen atoms in total. The molecule has 0 radical (unpaired) electrons. The number of hydrogen-bond donors (Lipinski definition) is 0. The van der Waals surface area contributed by atoms with E-state index < -0.39 is 0 Å². The van der Waals surface area contributed by atoms with Gasteiger partial charge in [-0.15, -0.1) is 0 Å². The van der Waals surface area contributed by atoms with Gasteiger partial charge >= 0.3 is 0 Å². The van der Waals surface area contributed by atoms with Crippen molar-refractivity contribution in [1.29, 1.82) is 10.5 Å². The molecule has 0 bridgehead atoms. The maximum absolute atomic E-state index is 9.72. The summed E-state index contributed by atoms with van der Waals surface area (Å²) in [5, 5.41) is 19.4. The predicted molar refractivity (Wildman–Crippen MR) is 133 cm³/mol. The Bertz CT molecular complexity index is 800. The molecule has 0 saturated heterocycles. The second-order valence-corrected chi connectivity index (χ2v) is 9.44. The monoisotopic (exact) mass is 434 g/mol. The average molecular weight is 435 g/mol. The van der Waals surface area contributed by atoms with E-state index in [4.69, 9.17) is 4.74 Å². The van der Waals surface area contributed by atoms with Crippen molar-refractivity contribution in [3.63, 3.8) is 0 Å². The molecule has 1 aromatic rings. The first-order chi connectivity index (χ1) is 15.7. The molecule has 1 aliphatic rings. The molecule has 0 aromatic heterocycles. The molecule has 174 valence electrons. The molecule has 0 aliphatic heterocycles. The lowest BCUT2D eigenvalue weighted by Crippen LogP contribution is -2.31. The highest BCUT2D eigenvalue weighted by Gasteiger charge is 2.36. The van der Waals surface area contributed by atoms with Crippen molar-refractivity contribution in [2.75, 3.05) is 6.61 Å². The lowest BCUT2D eigenvalue weighted by molar-refractivity contribution is 0.135. The van der Waals surface area contributed by atoms with E-state index in [0.717, 1.165) is 37.2 Å². The molecule has 0 amide bonds. The molecule has 1 fully saturated rings.